The average Bonchev–Trinajstić information content (AvgIpc) is 3.13. The molecule has 31 heavy (non-hydrogen) atoms. The molecule has 3 aromatic rings. The molecule has 1 aromatic heterocycles. The van der Waals surface area contributed by atoms with Crippen LogP contribution in [0.4, 0.5) is 0 Å². The van der Waals surface area contributed by atoms with E-state index in [-0.39, 0.29) is 6.42 Å². The van der Waals surface area contributed by atoms with E-state index in [1.54, 1.807) is 29.2 Å². The molecule has 3 atom stereocenters. The summed E-state index contributed by atoms with van der Waals surface area (Å²) in [7, 11) is 0. The number of halogens is 1. The number of carbonyl (C=O) groups excluding carboxylic acids is 2. The maximum absolute atomic E-state index is 12.8. The first-order valence-corrected chi connectivity index (χ1v) is 10.9. The van der Waals surface area contributed by atoms with E-state index in [2.05, 4.69) is 9.68 Å². The number of carbonyl (C=O) groups is 2. The largest absolute Gasteiger partial charge is 0.378 e. The summed E-state index contributed by atoms with van der Waals surface area (Å²) in [5, 5.41) is 26.2. The topological polar surface area (TPSA) is 105 Å². The molecule has 2 aromatic carbocycles. The van der Waals surface area contributed by atoms with Crippen molar-refractivity contribution in [1.29, 1.82) is 0 Å². The van der Waals surface area contributed by atoms with Gasteiger partial charge in [-0.05, 0) is 42.2 Å². The minimum Gasteiger partial charge on any atom is -0.378 e. The predicted octanol–water partition coefficient (Wildman–Crippen LogP) is 3.19. The van der Waals surface area contributed by atoms with Gasteiger partial charge in [0.1, 0.15) is 0 Å². The van der Waals surface area contributed by atoms with Gasteiger partial charge >= 0.3 is 11.9 Å². The van der Waals surface area contributed by atoms with Crippen molar-refractivity contribution in [1.82, 2.24) is 5.64 Å². The third-order valence-corrected chi connectivity index (χ3v) is 6.87. The molecule has 7 nitrogen and oxygen atoms in total. The van der Waals surface area contributed by atoms with E-state index < -0.39 is 29.6 Å². The van der Waals surface area contributed by atoms with Crippen LogP contribution in [0.15, 0.2) is 47.8 Å². The second-order valence-corrected chi connectivity index (χ2v) is 8.95. The van der Waals surface area contributed by atoms with E-state index in [0.717, 1.165) is 21.2 Å². The first kappa shape index (κ1) is 21.7. The Kier molecular flexibility index (Phi) is 6.00. The Bertz CT molecular complexity index is 1150. The van der Waals surface area contributed by atoms with Crippen LogP contribution in [0.1, 0.15) is 28.3 Å². The third-order valence-electron chi connectivity index (χ3n) is 5.52. The highest BCUT2D eigenvalue weighted by molar-refractivity contribution is 7.10. The number of nitrogens with one attached hydrogen (secondary N) is 1. The average molecular weight is 462 g/mol. The Morgan fingerprint density at radius 1 is 1.23 bits per heavy atom. The molecular weight excluding hydrogens is 442 g/mol. The fourth-order valence-electron chi connectivity index (χ4n) is 3.98. The fraction of sp³-hybridized carbons (Fsp3) is 0.273. The highest BCUT2D eigenvalue weighted by Gasteiger charge is 2.57. The van der Waals surface area contributed by atoms with Crippen molar-refractivity contribution >= 4 is 45.6 Å². The molecule has 2 heterocycles. The molecule has 1 aliphatic rings. The van der Waals surface area contributed by atoms with Gasteiger partial charge in [-0.3, -0.25) is 0 Å². The van der Waals surface area contributed by atoms with E-state index in [0.29, 0.717) is 17.0 Å². The van der Waals surface area contributed by atoms with Gasteiger partial charge in [-0.15, -0.1) is 11.3 Å². The zero-order valence-electron chi connectivity index (χ0n) is 16.5. The zero-order chi connectivity index (χ0) is 22.2. The minimum absolute atomic E-state index is 0.236. The molecule has 0 saturated carbocycles. The number of hydrogen-bond donors (Lipinski definition) is 3. The van der Waals surface area contributed by atoms with Crippen LogP contribution < -0.4 is 5.64 Å². The Morgan fingerprint density at radius 3 is 2.77 bits per heavy atom. The standard InChI is InChI=1S/C22H20ClNO6S/c1-12-5-7-16-13(9-12)3-2-4-17(16)18(8-6-15-10-14(23)11-31-15)22(28)19(25)20(26)29-24-30-21(22)27/h2-5,7,9-11,18-19,24-25,28H,6,8H2,1H3. The maximum atomic E-state index is 12.8. The third kappa shape index (κ3) is 4.05. The normalized spacial score (nSPS) is 22.6. The van der Waals surface area contributed by atoms with Gasteiger partial charge in [0.25, 0.3) is 0 Å². The van der Waals surface area contributed by atoms with Crippen molar-refractivity contribution in [3.63, 3.8) is 0 Å². The van der Waals surface area contributed by atoms with Gasteiger partial charge in [0.2, 0.25) is 5.60 Å². The van der Waals surface area contributed by atoms with Crippen molar-refractivity contribution in [2.24, 2.45) is 0 Å². The second-order valence-electron chi connectivity index (χ2n) is 7.52. The first-order valence-electron chi connectivity index (χ1n) is 9.60. The van der Waals surface area contributed by atoms with Crippen molar-refractivity contribution in [2.75, 3.05) is 0 Å². The minimum atomic E-state index is -2.57. The Balaban J connectivity index is 1.85. The van der Waals surface area contributed by atoms with E-state index in [1.165, 1.54) is 11.3 Å². The Morgan fingerprint density at radius 2 is 2.03 bits per heavy atom. The lowest BCUT2D eigenvalue weighted by molar-refractivity contribution is -0.197. The summed E-state index contributed by atoms with van der Waals surface area (Å²) in [4.78, 5) is 35.0. The summed E-state index contributed by atoms with van der Waals surface area (Å²) in [5.74, 6) is -3.40. The Labute approximate surface area is 187 Å². The number of benzene rings is 2. The lowest BCUT2D eigenvalue weighted by Gasteiger charge is -2.35. The van der Waals surface area contributed by atoms with Crippen LogP contribution in [0, 0.1) is 6.92 Å². The maximum Gasteiger partial charge on any atom is 0.364 e. The smallest absolute Gasteiger partial charge is 0.364 e. The van der Waals surface area contributed by atoms with Crippen molar-refractivity contribution in [3.05, 3.63) is 68.9 Å². The molecule has 162 valence electrons. The van der Waals surface area contributed by atoms with E-state index in [9.17, 15) is 19.8 Å². The molecule has 0 spiro atoms. The lowest BCUT2D eigenvalue weighted by Crippen LogP contribution is -2.56. The van der Waals surface area contributed by atoms with Gasteiger partial charge in [0.05, 0.1) is 5.02 Å². The van der Waals surface area contributed by atoms with Gasteiger partial charge in [-0.1, -0.05) is 53.6 Å². The predicted molar refractivity (Wildman–Crippen MR) is 115 cm³/mol. The Hall–Kier alpha value is -2.49. The number of aliphatic hydroxyl groups is 2. The number of thiophene rings is 1. The van der Waals surface area contributed by atoms with Crippen molar-refractivity contribution in [2.45, 2.75) is 37.4 Å². The highest BCUT2D eigenvalue weighted by Crippen LogP contribution is 2.41. The highest BCUT2D eigenvalue weighted by atomic mass is 35.5. The molecule has 0 bridgehead atoms. The molecule has 3 unspecified atom stereocenters. The summed E-state index contributed by atoms with van der Waals surface area (Å²) in [6, 6.07) is 13.1. The summed E-state index contributed by atoms with van der Waals surface area (Å²) < 4.78 is 0. The molecule has 3 N–H and O–H groups in total. The van der Waals surface area contributed by atoms with Crippen LogP contribution in [0.25, 0.3) is 10.8 Å². The van der Waals surface area contributed by atoms with Crippen molar-refractivity contribution in [3.8, 4) is 0 Å². The summed E-state index contributed by atoms with van der Waals surface area (Å²) in [6.45, 7) is 1.96. The molecule has 1 saturated heterocycles. The SMILES string of the molecule is Cc1ccc2c(C(CCc3cc(Cl)cs3)C3(O)C(=O)ONOC(=O)C3O)cccc2c1. The molecule has 9 heteroatoms. The number of rotatable bonds is 5. The van der Waals surface area contributed by atoms with Crippen molar-refractivity contribution < 1.29 is 29.5 Å². The van der Waals surface area contributed by atoms with Gasteiger partial charge in [-0.25, -0.2) is 9.59 Å². The van der Waals surface area contributed by atoms with Crippen LogP contribution in [0.5, 0.6) is 0 Å². The summed E-state index contributed by atoms with van der Waals surface area (Å²) >= 11 is 7.47. The number of hydrogen-bond acceptors (Lipinski definition) is 8. The van der Waals surface area contributed by atoms with E-state index in [4.69, 9.17) is 11.6 Å². The molecule has 1 aliphatic heterocycles. The molecule has 1 fully saturated rings. The van der Waals surface area contributed by atoms with Gasteiger partial charge < -0.3 is 19.9 Å². The summed E-state index contributed by atoms with van der Waals surface area (Å²) in [6.07, 6.45) is -1.46. The fourth-order valence-corrected chi connectivity index (χ4v) is 5.07. The number of aliphatic hydroxyl groups excluding tert-OH is 1. The molecule has 0 radical (unpaired) electrons. The van der Waals surface area contributed by atoms with E-state index >= 15 is 0 Å². The van der Waals surface area contributed by atoms with Crippen LogP contribution in [0.2, 0.25) is 5.02 Å². The monoisotopic (exact) mass is 461 g/mol. The molecule has 4 rings (SSSR count). The summed E-state index contributed by atoms with van der Waals surface area (Å²) in [5.41, 5.74) is 0.813. The van der Waals surface area contributed by atoms with Gasteiger partial charge in [0.15, 0.2) is 6.10 Å². The lowest BCUT2D eigenvalue weighted by atomic mass is 9.74. The molecular formula is C22H20ClNO6S. The van der Waals surface area contributed by atoms with Crippen LogP contribution in [0.3, 0.4) is 0 Å². The molecule has 0 amide bonds. The zero-order valence-corrected chi connectivity index (χ0v) is 18.1. The van der Waals surface area contributed by atoms with Gasteiger partial charge in [0, 0.05) is 21.8 Å². The van der Waals surface area contributed by atoms with E-state index in [1.807, 2.05) is 31.2 Å². The van der Waals surface area contributed by atoms with Crippen LogP contribution >= 0.6 is 22.9 Å². The van der Waals surface area contributed by atoms with Gasteiger partial charge in [-0.2, -0.15) is 0 Å². The molecule has 0 aliphatic carbocycles. The quantitative estimate of drug-likeness (QED) is 0.536. The van der Waals surface area contributed by atoms with Crippen LogP contribution in [-0.2, 0) is 25.7 Å². The first-order chi connectivity index (χ1) is 14.8. The van der Waals surface area contributed by atoms with Crippen LogP contribution in [-0.4, -0.2) is 33.9 Å². The number of fused-ring (bicyclic) bond motifs is 1. The number of aryl methyl sites for hydroxylation is 2. The second kappa shape index (κ2) is 8.57.